The largest absolute Gasteiger partial charge is 0.484 e. The van der Waals surface area contributed by atoms with E-state index in [0.717, 1.165) is 16.8 Å². The van der Waals surface area contributed by atoms with E-state index in [4.69, 9.17) is 17.0 Å². The Balaban J connectivity index is 1.51. The van der Waals surface area contributed by atoms with Crippen LogP contribution in [0.2, 0.25) is 0 Å². The molecule has 134 valence electrons. The van der Waals surface area contributed by atoms with Crippen molar-refractivity contribution in [2.24, 2.45) is 0 Å². The molecule has 0 radical (unpaired) electrons. The Morgan fingerprint density at radius 3 is 2.81 bits per heavy atom. The van der Waals surface area contributed by atoms with E-state index in [0.29, 0.717) is 17.1 Å². The molecule has 0 unspecified atom stereocenters. The number of aryl methyl sites for hydroxylation is 1. The van der Waals surface area contributed by atoms with Crippen molar-refractivity contribution in [3.63, 3.8) is 0 Å². The van der Waals surface area contributed by atoms with Crippen LogP contribution in [0.3, 0.4) is 0 Å². The molecule has 1 heterocycles. The summed E-state index contributed by atoms with van der Waals surface area (Å²) in [5.41, 5.74) is 6.00. The van der Waals surface area contributed by atoms with E-state index in [2.05, 4.69) is 20.9 Å². The van der Waals surface area contributed by atoms with Gasteiger partial charge in [0.15, 0.2) is 6.61 Å². The van der Waals surface area contributed by atoms with Gasteiger partial charge in [0.2, 0.25) is 4.77 Å². The summed E-state index contributed by atoms with van der Waals surface area (Å²) in [7, 11) is 0. The molecular formula is C18H19N5O2S. The summed E-state index contributed by atoms with van der Waals surface area (Å²) in [6.07, 6.45) is 1.57. The third-order valence-electron chi connectivity index (χ3n) is 3.61. The van der Waals surface area contributed by atoms with Gasteiger partial charge in [-0.15, -0.1) is 0 Å². The minimum Gasteiger partial charge on any atom is -0.484 e. The number of aromatic nitrogens is 3. The predicted molar refractivity (Wildman–Crippen MR) is 102 cm³/mol. The monoisotopic (exact) mass is 369 g/mol. The molecule has 0 aliphatic rings. The molecule has 0 fully saturated rings. The number of ether oxygens (including phenoxy) is 1. The second kappa shape index (κ2) is 8.30. The van der Waals surface area contributed by atoms with Gasteiger partial charge < -0.3 is 15.5 Å². The Kier molecular flexibility index (Phi) is 5.65. The molecule has 2 aromatic carbocycles. The third-order valence-corrected chi connectivity index (χ3v) is 3.90. The normalized spacial score (nSPS) is 10.3. The first-order valence-corrected chi connectivity index (χ1v) is 8.45. The Bertz CT molecular complexity index is 933. The Morgan fingerprint density at radius 1 is 1.27 bits per heavy atom. The maximum atomic E-state index is 12.0. The molecule has 0 bridgehead atoms. The van der Waals surface area contributed by atoms with Crippen LogP contribution >= 0.6 is 12.2 Å². The topological polar surface area (TPSA) is 84.0 Å². The van der Waals surface area contributed by atoms with E-state index in [-0.39, 0.29) is 12.5 Å². The number of carbonyl (C=O) groups excluding carboxylic acids is 1. The van der Waals surface area contributed by atoms with Crippen LogP contribution in [0.4, 0.5) is 5.69 Å². The number of rotatable bonds is 7. The minimum atomic E-state index is -0.206. The zero-order valence-corrected chi connectivity index (χ0v) is 15.0. The molecular weight excluding hydrogens is 350 g/mol. The molecule has 3 aromatic rings. The molecule has 26 heavy (non-hydrogen) atoms. The maximum Gasteiger partial charge on any atom is 0.262 e. The molecule has 0 aliphatic carbocycles. The highest BCUT2D eigenvalue weighted by molar-refractivity contribution is 7.71. The zero-order valence-electron chi connectivity index (χ0n) is 14.2. The number of benzene rings is 2. The standard InChI is InChI=1S/C18H19N5O2S/c1-13-5-7-15(8-6-13)21-17(24)11-25-16-4-2-3-14(9-16)10-20-23-12-19-22-18(23)26/h2-9,12,20H,10-11H2,1H3,(H,21,24)(H,22,26). The SMILES string of the molecule is Cc1ccc(NC(=O)COc2cccc(CNn3cn[nH]c3=S)c2)cc1. The fraction of sp³-hybridized carbons (Fsp3) is 0.167. The maximum absolute atomic E-state index is 12.0. The van der Waals surface area contributed by atoms with Gasteiger partial charge in [-0.1, -0.05) is 29.8 Å². The average Bonchev–Trinajstić information content (AvgIpc) is 3.05. The highest BCUT2D eigenvalue weighted by atomic mass is 32.1. The van der Waals surface area contributed by atoms with Crippen LogP contribution in [0.25, 0.3) is 0 Å². The third kappa shape index (κ3) is 4.93. The highest BCUT2D eigenvalue weighted by Crippen LogP contribution is 2.14. The Labute approximate surface area is 156 Å². The van der Waals surface area contributed by atoms with Crippen LogP contribution < -0.4 is 15.5 Å². The average molecular weight is 369 g/mol. The van der Waals surface area contributed by atoms with Gasteiger partial charge in [0, 0.05) is 5.69 Å². The van der Waals surface area contributed by atoms with Gasteiger partial charge in [0.25, 0.3) is 5.91 Å². The van der Waals surface area contributed by atoms with Gasteiger partial charge >= 0.3 is 0 Å². The van der Waals surface area contributed by atoms with Crippen LogP contribution in [0, 0.1) is 11.7 Å². The molecule has 8 heteroatoms. The summed E-state index contributed by atoms with van der Waals surface area (Å²) >= 11 is 5.07. The molecule has 3 rings (SSSR count). The van der Waals surface area contributed by atoms with Gasteiger partial charge in [0.1, 0.15) is 12.1 Å². The lowest BCUT2D eigenvalue weighted by Gasteiger charge is -2.10. The molecule has 7 nitrogen and oxygen atoms in total. The lowest BCUT2D eigenvalue weighted by atomic mass is 10.2. The van der Waals surface area contributed by atoms with E-state index >= 15 is 0 Å². The van der Waals surface area contributed by atoms with Crippen molar-refractivity contribution in [1.82, 2.24) is 14.9 Å². The highest BCUT2D eigenvalue weighted by Gasteiger charge is 2.04. The summed E-state index contributed by atoms with van der Waals surface area (Å²) in [5, 5.41) is 9.31. The molecule has 0 aliphatic heterocycles. The number of carbonyl (C=O) groups is 1. The number of anilines is 1. The van der Waals surface area contributed by atoms with E-state index in [1.54, 1.807) is 11.0 Å². The second-order valence-electron chi connectivity index (χ2n) is 5.72. The van der Waals surface area contributed by atoms with Crippen molar-refractivity contribution in [2.45, 2.75) is 13.5 Å². The summed E-state index contributed by atoms with van der Waals surface area (Å²) < 4.78 is 7.69. The van der Waals surface area contributed by atoms with Crippen LogP contribution in [-0.2, 0) is 11.3 Å². The molecule has 0 atom stereocenters. The minimum absolute atomic E-state index is 0.0580. The molecule has 0 spiro atoms. The fourth-order valence-electron chi connectivity index (χ4n) is 2.27. The smallest absolute Gasteiger partial charge is 0.262 e. The van der Waals surface area contributed by atoms with Crippen LogP contribution in [-0.4, -0.2) is 27.4 Å². The first-order valence-electron chi connectivity index (χ1n) is 8.04. The van der Waals surface area contributed by atoms with Crippen LogP contribution in [0.5, 0.6) is 5.75 Å². The summed E-state index contributed by atoms with van der Waals surface area (Å²) in [6.45, 7) is 2.48. The quantitative estimate of drug-likeness (QED) is 0.558. The molecule has 0 saturated heterocycles. The van der Waals surface area contributed by atoms with Crippen molar-refractivity contribution in [2.75, 3.05) is 17.3 Å². The Hall–Kier alpha value is -3.13. The van der Waals surface area contributed by atoms with Crippen molar-refractivity contribution < 1.29 is 9.53 Å². The second-order valence-corrected chi connectivity index (χ2v) is 6.10. The first kappa shape index (κ1) is 17.7. The van der Waals surface area contributed by atoms with Gasteiger partial charge in [0.05, 0.1) is 6.54 Å². The fourth-order valence-corrected chi connectivity index (χ4v) is 2.43. The van der Waals surface area contributed by atoms with E-state index < -0.39 is 0 Å². The number of nitrogens with zero attached hydrogens (tertiary/aromatic N) is 2. The molecule has 1 amide bonds. The number of hydrogen-bond acceptors (Lipinski definition) is 5. The number of amides is 1. The summed E-state index contributed by atoms with van der Waals surface area (Å²) in [5.74, 6) is 0.418. The van der Waals surface area contributed by atoms with Crippen molar-refractivity contribution in [3.05, 3.63) is 70.8 Å². The molecule has 0 saturated carbocycles. The number of H-pyrrole nitrogens is 1. The van der Waals surface area contributed by atoms with Gasteiger partial charge in [-0.3, -0.25) is 9.89 Å². The van der Waals surface area contributed by atoms with E-state index in [1.165, 1.54) is 0 Å². The van der Waals surface area contributed by atoms with Crippen molar-refractivity contribution >= 4 is 23.8 Å². The van der Waals surface area contributed by atoms with E-state index in [9.17, 15) is 4.79 Å². The Morgan fingerprint density at radius 2 is 2.08 bits per heavy atom. The number of aromatic amines is 1. The first-order chi connectivity index (χ1) is 12.6. The van der Waals surface area contributed by atoms with Gasteiger partial charge in [-0.25, -0.2) is 4.68 Å². The van der Waals surface area contributed by atoms with Gasteiger partial charge in [-0.05, 0) is 49.0 Å². The van der Waals surface area contributed by atoms with Crippen LogP contribution in [0.1, 0.15) is 11.1 Å². The van der Waals surface area contributed by atoms with Crippen molar-refractivity contribution in [1.29, 1.82) is 0 Å². The number of hydrogen-bond donors (Lipinski definition) is 3. The summed E-state index contributed by atoms with van der Waals surface area (Å²) in [6, 6.07) is 15.1. The zero-order chi connectivity index (χ0) is 18.4. The van der Waals surface area contributed by atoms with Crippen LogP contribution in [0.15, 0.2) is 54.9 Å². The van der Waals surface area contributed by atoms with E-state index in [1.807, 2.05) is 55.5 Å². The predicted octanol–water partition coefficient (Wildman–Crippen LogP) is 3.01. The lowest BCUT2D eigenvalue weighted by molar-refractivity contribution is -0.118. The molecule has 3 N–H and O–H groups in total. The van der Waals surface area contributed by atoms with Gasteiger partial charge in [-0.2, -0.15) is 5.10 Å². The number of nitrogens with one attached hydrogen (secondary N) is 3. The lowest BCUT2D eigenvalue weighted by Crippen LogP contribution is -2.20. The molecule has 1 aromatic heterocycles. The summed E-state index contributed by atoms with van der Waals surface area (Å²) in [4.78, 5) is 12.0. The van der Waals surface area contributed by atoms with Crippen molar-refractivity contribution in [3.8, 4) is 5.75 Å².